The molecule has 122 valence electrons. The summed E-state index contributed by atoms with van der Waals surface area (Å²) < 4.78 is 20.8. The van der Waals surface area contributed by atoms with Gasteiger partial charge in [-0.25, -0.2) is 9.18 Å². The zero-order valence-corrected chi connectivity index (χ0v) is 13.5. The SMILES string of the molecule is Cc1cc(C(=O)Oc2ccccc2F)c(C)n1Cc1ccccn1. The smallest absolute Gasteiger partial charge is 0.345 e. The summed E-state index contributed by atoms with van der Waals surface area (Å²) >= 11 is 0. The van der Waals surface area contributed by atoms with Crippen molar-refractivity contribution in [2.75, 3.05) is 0 Å². The highest BCUT2D eigenvalue weighted by molar-refractivity contribution is 5.92. The molecule has 1 aromatic carbocycles. The summed E-state index contributed by atoms with van der Waals surface area (Å²) in [6.07, 6.45) is 1.73. The number of esters is 1. The molecule has 5 heteroatoms. The van der Waals surface area contributed by atoms with E-state index < -0.39 is 11.8 Å². The Morgan fingerprint density at radius 2 is 1.92 bits per heavy atom. The van der Waals surface area contributed by atoms with E-state index in [1.165, 1.54) is 12.1 Å². The molecule has 0 aliphatic carbocycles. The molecule has 2 aromatic heterocycles. The van der Waals surface area contributed by atoms with Gasteiger partial charge in [0, 0.05) is 17.6 Å². The van der Waals surface area contributed by atoms with Gasteiger partial charge in [-0.2, -0.15) is 0 Å². The van der Waals surface area contributed by atoms with Crippen molar-refractivity contribution in [3.63, 3.8) is 0 Å². The number of rotatable bonds is 4. The van der Waals surface area contributed by atoms with Crippen molar-refractivity contribution in [1.29, 1.82) is 0 Å². The number of pyridine rings is 1. The average molecular weight is 324 g/mol. The molecule has 0 radical (unpaired) electrons. The van der Waals surface area contributed by atoms with E-state index in [0.29, 0.717) is 12.1 Å². The molecule has 3 aromatic rings. The molecular weight excluding hydrogens is 307 g/mol. The van der Waals surface area contributed by atoms with Crippen molar-refractivity contribution in [3.8, 4) is 5.75 Å². The Hall–Kier alpha value is -2.95. The number of nitrogens with zero attached hydrogens (tertiary/aromatic N) is 2. The molecule has 0 unspecified atom stereocenters. The van der Waals surface area contributed by atoms with Crippen LogP contribution in [-0.2, 0) is 6.54 Å². The summed E-state index contributed by atoms with van der Waals surface area (Å²) in [7, 11) is 0. The van der Waals surface area contributed by atoms with Gasteiger partial charge < -0.3 is 9.30 Å². The molecule has 0 saturated carbocycles. The molecule has 0 bridgehead atoms. The van der Waals surface area contributed by atoms with Crippen LogP contribution in [0.2, 0.25) is 0 Å². The van der Waals surface area contributed by atoms with Crippen LogP contribution in [0.5, 0.6) is 5.75 Å². The van der Waals surface area contributed by atoms with Gasteiger partial charge in [-0.3, -0.25) is 4.98 Å². The Morgan fingerprint density at radius 1 is 1.17 bits per heavy atom. The van der Waals surface area contributed by atoms with Crippen molar-refractivity contribution in [3.05, 3.63) is 83.2 Å². The first-order valence-electron chi connectivity index (χ1n) is 7.59. The summed E-state index contributed by atoms with van der Waals surface area (Å²) in [6, 6.07) is 13.3. The van der Waals surface area contributed by atoms with E-state index in [1.807, 2.05) is 36.6 Å². The molecule has 0 amide bonds. The molecule has 4 nitrogen and oxygen atoms in total. The van der Waals surface area contributed by atoms with Crippen LogP contribution in [0.15, 0.2) is 54.7 Å². The summed E-state index contributed by atoms with van der Waals surface area (Å²) in [5.41, 5.74) is 3.00. The van der Waals surface area contributed by atoms with Gasteiger partial charge in [0.25, 0.3) is 0 Å². The Balaban J connectivity index is 1.86. The highest BCUT2D eigenvalue weighted by Crippen LogP contribution is 2.21. The molecule has 0 atom stereocenters. The van der Waals surface area contributed by atoms with Crippen LogP contribution in [0.1, 0.15) is 27.4 Å². The number of hydrogen-bond donors (Lipinski definition) is 0. The summed E-state index contributed by atoms with van der Waals surface area (Å²) in [5.74, 6) is -1.20. The maximum atomic E-state index is 13.6. The Kier molecular flexibility index (Phi) is 4.42. The lowest BCUT2D eigenvalue weighted by Gasteiger charge is -2.09. The van der Waals surface area contributed by atoms with Gasteiger partial charge in [-0.1, -0.05) is 18.2 Å². The molecule has 24 heavy (non-hydrogen) atoms. The van der Waals surface area contributed by atoms with Crippen LogP contribution in [0.3, 0.4) is 0 Å². The lowest BCUT2D eigenvalue weighted by atomic mass is 10.2. The van der Waals surface area contributed by atoms with Crippen molar-refractivity contribution in [1.82, 2.24) is 9.55 Å². The minimum absolute atomic E-state index is 0.0722. The van der Waals surface area contributed by atoms with E-state index in [-0.39, 0.29) is 5.75 Å². The van der Waals surface area contributed by atoms with Gasteiger partial charge in [0.1, 0.15) is 0 Å². The normalized spacial score (nSPS) is 10.6. The summed E-state index contributed by atoms with van der Waals surface area (Å²) in [4.78, 5) is 16.7. The van der Waals surface area contributed by atoms with Gasteiger partial charge in [-0.15, -0.1) is 0 Å². The standard InChI is InChI=1S/C19H17FN2O2/c1-13-11-16(19(23)24-18-9-4-3-8-17(18)20)14(2)22(13)12-15-7-5-6-10-21-15/h3-11H,12H2,1-2H3. The molecular formula is C19H17FN2O2. The van der Waals surface area contributed by atoms with Crippen molar-refractivity contribution in [2.45, 2.75) is 20.4 Å². The molecule has 0 fully saturated rings. The first-order valence-corrected chi connectivity index (χ1v) is 7.59. The third kappa shape index (κ3) is 3.20. The van der Waals surface area contributed by atoms with E-state index >= 15 is 0 Å². The summed E-state index contributed by atoms with van der Waals surface area (Å²) in [6.45, 7) is 4.31. The van der Waals surface area contributed by atoms with Crippen LogP contribution >= 0.6 is 0 Å². The van der Waals surface area contributed by atoms with Crippen molar-refractivity contribution >= 4 is 5.97 Å². The fraction of sp³-hybridized carbons (Fsp3) is 0.158. The van der Waals surface area contributed by atoms with Crippen LogP contribution in [0, 0.1) is 19.7 Å². The molecule has 2 heterocycles. The van der Waals surface area contributed by atoms with Crippen LogP contribution in [0.25, 0.3) is 0 Å². The van der Waals surface area contributed by atoms with E-state index in [2.05, 4.69) is 4.98 Å². The zero-order valence-electron chi connectivity index (χ0n) is 13.5. The number of aryl methyl sites for hydroxylation is 1. The lowest BCUT2D eigenvalue weighted by molar-refractivity contribution is 0.0727. The minimum atomic E-state index is -0.569. The topological polar surface area (TPSA) is 44.1 Å². The number of benzene rings is 1. The monoisotopic (exact) mass is 324 g/mol. The van der Waals surface area contributed by atoms with Crippen LogP contribution in [0.4, 0.5) is 4.39 Å². The lowest BCUT2D eigenvalue weighted by Crippen LogP contribution is -2.12. The van der Waals surface area contributed by atoms with E-state index in [0.717, 1.165) is 17.1 Å². The predicted molar refractivity (Wildman–Crippen MR) is 88.6 cm³/mol. The van der Waals surface area contributed by atoms with E-state index in [1.54, 1.807) is 24.4 Å². The quantitative estimate of drug-likeness (QED) is 0.540. The number of carbonyl (C=O) groups is 1. The van der Waals surface area contributed by atoms with Crippen molar-refractivity contribution in [2.24, 2.45) is 0 Å². The highest BCUT2D eigenvalue weighted by Gasteiger charge is 2.19. The number of carbonyl (C=O) groups excluding carboxylic acids is 1. The van der Waals surface area contributed by atoms with Crippen molar-refractivity contribution < 1.29 is 13.9 Å². The van der Waals surface area contributed by atoms with Gasteiger partial charge in [0.05, 0.1) is 17.8 Å². The average Bonchev–Trinajstić information content (AvgIpc) is 2.86. The molecule has 3 rings (SSSR count). The highest BCUT2D eigenvalue weighted by atomic mass is 19.1. The Bertz CT molecular complexity index is 872. The molecule has 0 aliphatic rings. The van der Waals surface area contributed by atoms with Gasteiger partial charge in [0.15, 0.2) is 11.6 Å². The first kappa shape index (κ1) is 15.9. The second kappa shape index (κ2) is 6.66. The van der Waals surface area contributed by atoms with Crippen LogP contribution in [-0.4, -0.2) is 15.5 Å². The Labute approximate surface area is 139 Å². The number of halogens is 1. The number of ether oxygens (including phenoxy) is 1. The van der Waals surface area contributed by atoms with Crippen LogP contribution < -0.4 is 4.74 Å². The fourth-order valence-electron chi connectivity index (χ4n) is 2.59. The van der Waals surface area contributed by atoms with Gasteiger partial charge in [-0.05, 0) is 44.2 Å². The number of aromatic nitrogens is 2. The number of para-hydroxylation sites is 1. The zero-order chi connectivity index (χ0) is 17.1. The molecule has 0 N–H and O–H groups in total. The Morgan fingerprint density at radius 3 is 2.62 bits per heavy atom. The second-order valence-corrected chi connectivity index (χ2v) is 5.51. The maximum absolute atomic E-state index is 13.6. The minimum Gasteiger partial charge on any atom is -0.420 e. The first-order chi connectivity index (χ1) is 11.6. The van der Waals surface area contributed by atoms with Gasteiger partial charge in [0.2, 0.25) is 0 Å². The summed E-state index contributed by atoms with van der Waals surface area (Å²) in [5, 5.41) is 0. The fourth-order valence-corrected chi connectivity index (χ4v) is 2.59. The third-order valence-electron chi connectivity index (χ3n) is 3.88. The maximum Gasteiger partial charge on any atom is 0.345 e. The second-order valence-electron chi connectivity index (χ2n) is 5.51. The largest absolute Gasteiger partial charge is 0.420 e. The van der Waals surface area contributed by atoms with E-state index in [4.69, 9.17) is 4.74 Å². The molecule has 0 saturated heterocycles. The molecule has 0 aliphatic heterocycles. The molecule has 0 spiro atoms. The van der Waals surface area contributed by atoms with Gasteiger partial charge >= 0.3 is 5.97 Å². The van der Waals surface area contributed by atoms with E-state index in [9.17, 15) is 9.18 Å². The predicted octanol–water partition coefficient (Wildman–Crippen LogP) is 3.91. The number of hydrogen-bond acceptors (Lipinski definition) is 3. The third-order valence-corrected chi connectivity index (χ3v) is 3.88.